The number of ether oxygens (including phenoxy) is 1. The molecule has 2 aliphatic rings. The second kappa shape index (κ2) is 16.1. The number of hydrogen-bond acceptors (Lipinski definition) is 9. The van der Waals surface area contributed by atoms with Crippen molar-refractivity contribution in [2.75, 3.05) is 13.7 Å². The number of carbonyl (C=O) groups is 1. The minimum atomic E-state index is -1.06. The Bertz CT molecular complexity index is 1450. The van der Waals surface area contributed by atoms with Gasteiger partial charge in [-0.25, -0.2) is 13.5 Å². The first-order valence-electron chi connectivity index (χ1n) is 14.4. The SMILES string of the molecule is CNC(=O)C1CC(n2cc(-c3cccc(F)c3)nn2)C(O)C(CO)O1.Fc1cccc(-c2cn[nH]n2)c1.OC1CCCCC1. The molecule has 4 unspecified atom stereocenters. The Morgan fingerprint density at radius 3 is 2.23 bits per heavy atom. The summed E-state index contributed by atoms with van der Waals surface area (Å²) in [5.41, 5.74) is 2.36. The molecule has 1 amide bonds. The van der Waals surface area contributed by atoms with Gasteiger partial charge < -0.3 is 25.4 Å². The number of aliphatic hydroxyl groups is 3. The summed E-state index contributed by atoms with van der Waals surface area (Å²) in [6, 6.07) is 11.5. The Hall–Kier alpha value is -4.11. The van der Waals surface area contributed by atoms with Gasteiger partial charge >= 0.3 is 0 Å². The maximum absolute atomic E-state index is 13.4. The molecular formula is C30H37F2N7O5. The lowest BCUT2D eigenvalue weighted by molar-refractivity contribution is -0.170. The maximum Gasteiger partial charge on any atom is 0.248 e. The number of aliphatic hydroxyl groups excluding tert-OH is 3. The summed E-state index contributed by atoms with van der Waals surface area (Å²) in [5, 5.41) is 49.1. The molecule has 0 bridgehead atoms. The second-order valence-corrected chi connectivity index (χ2v) is 10.5. The van der Waals surface area contributed by atoms with Crippen LogP contribution in [0.25, 0.3) is 22.5 Å². The molecule has 236 valence electrons. The summed E-state index contributed by atoms with van der Waals surface area (Å²) in [6.07, 6.45) is 6.42. The average molecular weight is 614 g/mol. The molecule has 1 aliphatic heterocycles. The third-order valence-electron chi connectivity index (χ3n) is 7.37. The summed E-state index contributed by atoms with van der Waals surface area (Å²) in [4.78, 5) is 11.9. The molecule has 1 saturated heterocycles. The van der Waals surface area contributed by atoms with E-state index in [2.05, 4.69) is 31.0 Å². The van der Waals surface area contributed by atoms with E-state index in [1.165, 1.54) is 55.3 Å². The maximum atomic E-state index is 13.4. The highest BCUT2D eigenvalue weighted by Crippen LogP contribution is 2.30. The van der Waals surface area contributed by atoms with E-state index in [0.717, 1.165) is 18.4 Å². The van der Waals surface area contributed by atoms with Crippen molar-refractivity contribution in [1.29, 1.82) is 0 Å². The lowest BCUT2D eigenvalue weighted by Gasteiger charge is -2.37. The zero-order chi connectivity index (χ0) is 31.5. The van der Waals surface area contributed by atoms with Crippen LogP contribution in [0.1, 0.15) is 44.6 Å². The van der Waals surface area contributed by atoms with Gasteiger partial charge in [-0.05, 0) is 37.1 Å². The summed E-state index contributed by atoms with van der Waals surface area (Å²) >= 11 is 0. The van der Waals surface area contributed by atoms with Crippen molar-refractivity contribution in [1.82, 2.24) is 35.7 Å². The van der Waals surface area contributed by atoms with Crippen LogP contribution in [0.2, 0.25) is 0 Å². The van der Waals surface area contributed by atoms with Gasteiger partial charge in [-0.2, -0.15) is 15.4 Å². The fourth-order valence-electron chi connectivity index (χ4n) is 4.99. The fraction of sp³-hybridized carbons (Fsp3) is 0.433. The van der Waals surface area contributed by atoms with E-state index >= 15 is 0 Å². The number of aromatic nitrogens is 6. The van der Waals surface area contributed by atoms with E-state index < -0.39 is 36.8 Å². The van der Waals surface area contributed by atoms with Gasteiger partial charge in [-0.15, -0.1) is 5.10 Å². The van der Waals surface area contributed by atoms with Gasteiger partial charge in [0.25, 0.3) is 0 Å². The molecule has 2 aromatic heterocycles. The molecule has 5 N–H and O–H groups in total. The predicted molar refractivity (Wildman–Crippen MR) is 156 cm³/mol. The normalized spacial score (nSPS) is 21.8. The van der Waals surface area contributed by atoms with E-state index in [1.807, 2.05) is 0 Å². The van der Waals surface area contributed by atoms with E-state index in [0.29, 0.717) is 17.0 Å². The number of carbonyl (C=O) groups excluding carboxylic acids is 1. The van der Waals surface area contributed by atoms with Crippen LogP contribution in [0, 0.1) is 11.6 Å². The van der Waals surface area contributed by atoms with Crippen molar-refractivity contribution in [2.45, 2.75) is 69.0 Å². The van der Waals surface area contributed by atoms with Crippen LogP contribution < -0.4 is 5.32 Å². The number of H-pyrrole nitrogens is 1. The summed E-state index contributed by atoms with van der Waals surface area (Å²) in [6.45, 7) is -0.434. The summed E-state index contributed by atoms with van der Waals surface area (Å²) in [5.74, 6) is -1.01. The highest BCUT2D eigenvalue weighted by Gasteiger charge is 2.41. The number of halogens is 2. The monoisotopic (exact) mass is 613 g/mol. The molecule has 2 aromatic carbocycles. The van der Waals surface area contributed by atoms with Gasteiger partial charge in [0.2, 0.25) is 5.91 Å². The smallest absolute Gasteiger partial charge is 0.248 e. The molecule has 1 aliphatic carbocycles. The molecule has 0 spiro atoms. The van der Waals surface area contributed by atoms with Gasteiger partial charge in [0, 0.05) is 24.6 Å². The lowest BCUT2D eigenvalue weighted by Crippen LogP contribution is -2.51. The number of nitrogens with zero attached hydrogens (tertiary/aromatic N) is 5. The molecule has 2 fully saturated rings. The van der Waals surface area contributed by atoms with Gasteiger partial charge in [0.15, 0.2) is 0 Å². The van der Waals surface area contributed by atoms with Crippen molar-refractivity contribution in [3.8, 4) is 22.5 Å². The molecule has 0 radical (unpaired) electrons. The third-order valence-corrected chi connectivity index (χ3v) is 7.37. The van der Waals surface area contributed by atoms with Crippen molar-refractivity contribution in [3.63, 3.8) is 0 Å². The Kier molecular flexibility index (Phi) is 12.0. The molecule has 12 nitrogen and oxygen atoms in total. The minimum absolute atomic E-state index is 0.0359. The molecule has 6 rings (SSSR count). The quantitative estimate of drug-likeness (QED) is 0.227. The van der Waals surface area contributed by atoms with Crippen LogP contribution >= 0.6 is 0 Å². The number of likely N-dealkylation sites (N-methyl/N-ethyl adjacent to an activating group) is 1. The molecule has 14 heteroatoms. The van der Waals surface area contributed by atoms with Gasteiger partial charge in [0.1, 0.15) is 41.3 Å². The summed E-state index contributed by atoms with van der Waals surface area (Å²) in [7, 11) is 1.48. The minimum Gasteiger partial charge on any atom is -0.394 e. The van der Waals surface area contributed by atoms with E-state index in [-0.39, 0.29) is 24.2 Å². The first-order chi connectivity index (χ1) is 21.3. The van der Waals surface area contributed by atoms with Crippen molar-refractivity contribution in [2.24, 2.45) is 0 Å². The van der Waals surface area contributed by atoms with Crippen molar-refractivity contribution < 1.29 is 33.6 Å². The van der Waals surface area contributed by atoms with Gasteiger partial charge in [-0.1, -0.05) is 48.7 Å². The first kappa shape index (κ1) is 32.8. The van der Waals surface area contributed by atoms with Crippen LogP contribution in [0.5, 0.6) is 0 Å². The number of benzene rings is 2. The number of hydrogen-bond donors (Lipinski definition) is 5. The zero-order valence-corrected chi connectivity index (χ0v) is 24.3. The molecular weight excluding hydrogens is 576 g/mol. The molecule has 4 aromatic rings. The van der Waals surface area contributed by atoms with Gasteiger partial charge in [0.05, 0.1) is 31.1 Å². The third kappa shape index (κ3) is 8.95. The van der Waals surface area contributed by atoms with E-state index in [9.17, 15) is 23.8 Å². The number of aromatic amines is 1. The average Bonchev–Trinajstić information content (AvgIpc) is 3.76. The Balaban J connectivity index is 0.000000190. The van der Waals surface area contributed by atoms with Crippen LogP contribution in [-0.2, 0) is 9.53 Å². The van der Waals surface area contributed by atoms with Crippen LogP contribution in [-0.4, -0.2) is 89.7 Å². The molecule has 44 heavy (non-hydrogen) atoms. The largest absolute Gasteiger partial charge is 0.394 e. The topological polar surface area (TPSA) is 171 Å². The predicted octanol–water partition coefficient (Wildman–Crippen LogP) is 2.80. The van der Waals surface area contributed by atoms with Crippen LogP contribution in [0.15, 0.2) is 60.9 Å². The van der Waals surface area contributed by atoms with E-state index in [4.69, 9.17) is 9.84 Å². The van der Waals surface area contributed by atoms with Crippen LogP contribution in [0.4, 0.5) is 8.78 Å². The highest BCUT2D eigenvalue weighted by molar-refractivity contribution is 5.80. The highest BCUT2D eigenvalue weighted by atomic mass is 19.1. The van der Waals surface area contributed by atoms with Gasteiger partial charge in [-0.3, -0.25) is 4.79 Å². The molecule has 3 heterocycles. The molecule has 4 atom stereocenters. The van der Waals surface area contributed by atoms with Crippen molar-refractivity contribution >= 4 is 5.91 Å². The van der Waals surface area contributed by atoms with Crippen molar-refractivity contribution in [3.05, 3.63) is 72.6 Å². The Morgan fingerprint density at radius 2 is 1.70 bits per heavy atom. The number of amides is 1. The molecule has 1 saturated carbocycles. The standard InChI is InChI=1S/C16H19FN4O4.C8H6FN3.C6H12O/c1-18-16(24)13-6-12(15(23)14(8-22)25-13)21-7-11(19-20-21)9-3-2-4-10(17)5-9;9-7-3-1-2-6(4-7)8-5-10-12-11-8;7-6-4-2-1-3-5-6/h2-5,7,12-15,22-23H,6,8H2,1H3,(H,18,24);1-5H,(H,10,11,12);6-7H,1-5H2. The fourth-order valence-corrected chi connectivity index (χ4v) is 4.99. The Morgan fingerprint density at radius 1 is 1.05 bits per heavy atom. The van der Waals surface area contributed by atoms with Crippen LogP contribution in [0.3, 0.4) is 0 Å². The Labute approximate surface area is 253 Å². The summed E-state index contributed by atoms with van der Waals surface area (Å²) < 4.78 is 32.9. The number of rotatable bonds is 5. The first-order valence-corrected chi connectivity index (χ1v) is 14.4. The second-order valence-electron chi connectivity index (χ2n) is 10.5. The number of nitrogens with one attached hydrogen (secondary N) is 2. The zero-order valence-electron chi connectivity index (χ0n) is 24.3. The lowest BCUT2D eigenvalue weighted by atomic mass is 9.95. The van der Waals surface area contributed by atoms with E-state index in [1.54, 1.807) is 36.7 Å².